The van der Waals surface area contributed by atoms with Crippen molar-refractivity contribution >= 4 is 10.0 Å². The Morgan fingerprint density at radius 2 is 2.19 bits per heavy atom. The summed E-state index contributed by atoms with van der Waals surface area (Å²) >= 11 is 0. The van der Waals surface area contributed by atoms with Crippen molar-refractivity contribution in [2.75, 3.05) is 13.1 Å². The molecule has 120 valence electrons. The highest BCUT2D eigenvalue weighted by atomic mass is 32.2. The fourth-order valence-corrected chi connectivity index (χ4v) is 3.90. The van der Waals surface area contributed by atoms with Gasteiger partial charge in [-0.3, -0.25) is 4.68 Å². The summed E-state index contributed by atoms with van der Waals surface area (Å²) in [7, 11) is -3.45. The number of nitrogens with two attached hydrogens (primary N) is 1. The number of hydrogen-bond donors (Lipinski definition) is 2. The molecule has 0 radical (unpaired) electrons. The maximum atomic E-state index is 12.3. The first kappa shape index (κ1) is 16.5. The Balaban J connectivity index is 1.93. The van der Waals surface area contributed by atoms with Crippen LogP contribution < -0.4 is 10.5 Å². The quantitative estimate of drug-likeness (QED) is 0.794. The number of nitrogens with zero attached hydrogens (tertiary/aromatic N) is 2. The van der Waals surface area contributed by atoms with E-state index in [4.69, 9.17) is 5.73 Å². The van der Waals surface area contributed by atoms with E-state index in [1.54, 1.807) is 10.9 Å². The number of hydrogen-bond acceptors (Lipinski definition) is 4. The van der Waals surface area contributed by atoms with Gasteiger partial charge in [-0.2, -0.15) is 5.10 Å². The van der Waals surface area contributed by atoms with Crippen LogP contribution in [0.4, 0.5) is 0 Å². The van der Waals surface area contributed by atoms with E-state index in [9.17, 15) is 8.42 Å². The molecule has 1 aliphatic rings. The molecule has 6 nitrogen and oxygen atoms in total. The number of nitrogens with one attached hydrogen (secondary N) is 1. The topological polar surface area (TPSA) is 90.0 Å². The molecular weight excluding hydrogens is 288 g/mol. The van der Waals surface area contributed by atoms with Crippen LogP contribution in [-0.4, -0.2) is 31.3 Å². The maximum absolute atomic E-state index is 12.3. The Morgan fingerprint density at radius 3 is 2.90 bits per heavy atom. The summed E-state index contributed by atoms with van der Waals surface area (Å²) in [5.74, 6) is 1.04. The molecule has 7 heteroatoms. The molecule has 0 aliphatic heterocycles. The van der Waals surface area contributed by atoms with Crippen LogP contribution in [-0.2, 0) is 16.6 Å². The molecule has 2 rings (SSSR count). The van der Waals surface area contributed by atoms with Crippen molar-refractivity contribution in [1.82, 2.24) is 14.5 Å². The molecule has 2 atom stereocenters. The molecule has 1 saturated carbocycles. The molecule has 1 heterocycles. The summed E-state index contributed by atoms with van der Waals surface area (Å²) in [6.45, 7) is 3.95. The average Bonchev–Trinajstić information content (AvgIpc) is 2.94. The third-order valence-electron chi connectivity index (χ3n) is 4.34. The second-order valence-electron chi connectivity index (χ2n) is 5.96. The highest BCUT2D eigenvalue weighted by Gasteiger charge is 2.24. The highest BCUT2D eigenvalue weighted by Crippen LogP contribution is 2.29. The molecule has 0 aromatic carbocycles. The Hall–Kier alpha value is -0.920. The second kappa shape index (κ2) is 7.38. The SMILES string of the molecule is CC1CCCCC1CNS(=O)(=O)c1cnn(CCCN)c1. The van der Waals surface area contributed by atoms with Gasteiger partial charge in [0, 0.05) is 19.3 Å². The number of sulfonamides is 1. The van der Waals surface area contributed by atoms with Crippen molar-refractivity contribution in [2.24, 2.45) is 17.6 Å². The van der Waals surface area contributed by atoms with E-state index in [1.807, 2.05) is 0 Å². The standard InChI is InChI=1S/C14H26N4O2S/c1-12-5-2-3-6-13(12)9-17-21(19,20)14-10-16-18(11-14)8-4-7-15/h10-13,17H,2-9,15H2,1H3. The van der Waals surface area contributed by atoms with Gasteiger partial charge in [0.1, 0.15) is 4.90 Å². The van der Waals surface area contributed by atoms with Crippen LogP contribution in [0.2, 0.25) is 0 Å². The zero-order chi connectivity index (χ0) is 15.3. The first-order chi connectivity index (χ1) is 10.0. The minimum absolute atomic E-state index is 0.239. The second-order valence-corrected chi connectivity index (χ2v) is 7.72. The van der Waals surface area contributed by atoms with Crippen LogP contribution in [0.5, 0.6) is 0 Å². The molecule has 1 aromatic heterocycles. The van der Waals surface area contributed by atoms with E-state index in [0.717, 1.165) is 12.8 Å². The van der Waals surface area contributed by atoms with Gasteiger partial charge in [-0.05, 0) is 31.2 Å². The zero-order valence-electron chi connectivity index (χ0n) is 12.7. The minimum atomic E-state index is -3.45. The van der Waals surface area contributed by atoms with E-state index >= 15 is 0 Å². The number of aryl methyl sites for hydroxylation is 1. The fraction of sp³-hybridized carbons (Fsp3) is 0.786. The molecule has 0 amide bonds. The lowest BCUT2D eigenvalue weighted by Gasteiger charge is -2.28. The summed E-state index contributed by atoms with van der Waals surface area (Å²) in [5.41, 5.74) is 5.44. The molecule has 2 unspecified atom stereocenters. The van der Waals surface area contributed by atoms with Crippen LogP contribution >= 0.6 is 0 Å². The third-order valence-corrected chi connectivity index (χ3v) is 5.71. The van der Waals surface area contributed by atoms with Gasteiger partial charge in [-0.15, -0.1) is 0 Å². The monoisotopic (exact) mass is 314 g/mol. The van der Waals surface area contributed by atoms with E-state index < -0.39 is 10.0 Å². The average molecular weight is 314 g/mol. The van der Waals surface area contributed by atoms with Crippen molar-refractivity contribution in [3.05, 3.63) is 12.4 Å². The predicted octanol–water partition coefficient (Wildman–Crippen LogP) is 1.34. The largest absolute Gasteiger partial charge is 0.330 e. The molecule has 1 aliphatic carbocycles. The molecule has 1 fully saturated rings. The van der Waals surface area contributed by atoms with E-state index in [2.05, 4.69) is 16.7 Å². The molecule has 21 heavy (non-hydrogen) atoms. The van der Waals surface area contributed by atoms with Crippen molar-refractivity contribution in [3.8, 4) is 0 Å². The highest BCUT2D eigenvalue weighted by molar-refractivity contribution is 7.89. The van der Waals surface area contributed by atoms with Crippen LogP contribution in [0.3, 0.4) is 0 Å². The molecular formula is C14H26N4O2S. The van der Waals surface area contributed by atoms with E-state index in [-0.39, 0.29) is 4.90 Å². The van der Waals surface area contributed by atoms with Gasteiger partial charge < -0.3 is 5.73 Å². The van der Waals surface area contributed by atoms with Gasteiger partial charge in [0.2, 0.25) is 10.0 Å². The van der Waals surface area contributed by atoms with E-state index in [0.29, 0.717) is 31.5 Å². The summed E-state index contributed by atoms with van der Waals surface area (Å²) in [6, 6.07) is 0. The van der Waals surface area contributed by atoms with Crippen LogP contribution in [0.25, 0.3) is 0 Å². The summed E-state index contributed by atoms with van der Waals surface area (Å²) in [4.78, 5) is 0.239. The van der Waals surface area contributed by atoms with E-state index in [1.165, 1.54) is 25.5 Å². The molecule has 1 aromatic rings. The lowest BCUT2D eigenvalue weighted by atomic mass is 9.81. The van der Waals surface area contributed by atoms with Crippen LogP contribution in [0.15, 0.2) is 17.3 Å². The Labute approximate surface area is 127 Å². The first-order valence-electron chi connectivity index (χ1n) is 7.75. The van der Waals surface area contributed by atoms with Crippen LogP contribution in [0, 0.1) is 11.8 Å². The lowest BCUT2D eigenvalue weighted by Crippen LogP contribution is -2.33. The zero-order valence-corrected chi connectivity index (χ0v) is 13.5. The maximum Gasteiger partial charge on any atom is 0.243 e. The smallest absolute Gasteiger partial charge is 0.243 e. The fourth-order valence-electron chi connectivity index (χ4n) is 2.86. The molecule has 0 spiro atoms. The predicted molar refractivity (Wildman–Crippen MR) is 82.2 cm³/mol. The summed E-state index contributed by atoms with van der Waals surface area (Å²) in [6.07, 6.45) is 8.54. The Morgan fingerprint density at radius 1 is 1.43 bits per heavy atom. The van der Waals surface area contributed by atoms with Crippen molar-refractivity contribution < 1.29 is 8.42 Å². The van der Waals surface area contributed by atoms with Gasteiger partial charge in [0.15, 0.2) is 0 Å². The lowest BCUT2D eigenvalue weighted by molar-refractivity contribution is 0.257. The van der Waals surface area contributed by atoms with Crippen LogP contribution in [0.1, 0.15) is 39.0 Å². The summed E-state index contributed by atoms with van der Waals surface area (Å²) < 4.78 is 28.9. The number of rotatable bonds is 7. The molecule has 0 bridgehead atoms. The summed E-state index contributed by atoms with van der Waals surface area (Å²) in [5, 5.41) is 4.07. The minimum Gasteiger partial charge on any atom is -0.330 e. The Bertz CT molecular complexity index is 541. The first-order valence-corrected chi connectivity index (χ1v) is 9.23. The van der Waals surface area contributed by atoms with Crippen molar-refractivity contribution in [2.45, 2.75) is 50.5 Å². The van der Waals surface area contributed by atoms with Gasteiger partial charge in [0.05, 0.1) is 6.20 Å². The van der Waals surface area contributed by atoms with Gasteiger partial charge >= 0.3 is 0 Å². The Kier molecular flexibility index (Phi) is 5.78. The molecule has 3 N–H and O–H groups in total. The van der Waals surface area contributed by atoms with Gasteiger partial charge in [-0.1, -0.05) is 26.2 Å². The van der Waals surface area contributed by atoms with Gasteiger partial charge in [-0.25, -0.2) is 13.1 Å². The number of aromatic nitrogens is 2. The normalized spacial score (nSPS) is 23.3. The van der Waals surface area contributed by atoms with Crippen molar-refractivity contribution in [1.29, 1.82) is 0 Å². The van der Waals surface area contributed by atoms with Crippen molar-refractivity contribution in [3.63, 3.8) is 0 Å². The third kappa shape index (κ3) is 4.52. The molecule has 0 saturated heterocycles. The van der Waals surface area contributed by atoms with Gasteiger partial charge in [0.25, 0.3) is 0 Å².